The Labute approximate surface area is 156 Å². The van der Waals surface area contributed by atoms with Gasteiger partial charge in [0.05, 0.1) is 18.0 Å². The van der Waals surface area contributed by atoms with Crippen LogP contribution in [-0.2, 0) is 4.79 Å². The van der Waals surface area contributed by atoms with E-state index in [2.05, 4.69) is 5.10 Å². The number of aromatic nitrogens is 2. The summed E-state index contributed by atoms with van der Waals surface area (Å²) >= 11 is 0. The smallest absolute Gasteiger partial charge is 0.394 e. The van der Waals surface area contributed by atoms with Crippen molar-refractivity contribution < 1.29 is 19.4 Å². The minimum Gasteiger partial charge on any atom is -0.394 e. The average molecular weight is 373 g/mol. The molecular weight excluding hydrogens is 350 g/mol. The second kappa shape index (κ2) is 8.19. The van der Waals surface area contributed by atoms with Crippen LogP contribution in [-0.4, -0.2) is 75.5 Å². The summed E-state index contributed by atoms with van der Waals surface area (Å²) in [5, 5.41) is 13.4. The molecule has 1 aromatic carbocycles. The van der Waals surface area contributed by atoms with E-state index in [1.807, 2.05) is 37.3 Å². The van der Waals surface area contributed by atoms with Gasteiger partial charge in [-0.05, 0) is 19.1 Å². The maximum Gasteiger partial charge on any atom is 0.416 e. The van der Waals surface area contributed by atoms with Gasteiger partial charge in [-0.1, -0.05) is 18.2 Å². The third kappa shape index (κ3) is 4.26. The summed E-state index contributed by atoms with van der Waals surface area (Å²) < 4.78 is 7.12. The van der Waals surface area contributed by atoms with Crippen molar-refractivity contribution in [1.82, 2.24) is 19.6 Å². The average Bonchev–Trinajstić information content (AvgIpc) is 3.07. The number of piperazine rings is 1. The summed E-state index contributed by atoms with van der Waals surface area (Å²) in [7, 11) is 0. The Morgan fingerprint density at radius 1 is 1.19 bits per heavy atom. The minimum absolute atomic E-state index is 0.316. The Bertz CT molecular complexity index is 799. The van der Waals surface area contributed by atoms with Crippen molar-refractivity contribution in [1.29, 1.82) is 0 Å². The third-order valence-corrected chi connectivity index (χ3v) is 4.35. The normalized spacial score (nSPS) is 15.5. The second-order valence-electron chi connectivity index (χ2n) is 6.34. The van der Waals surface area contributed by atoms with Crippen molar-refractivity contribution in [3.63, 3.8) is 0 Å². The summed E-state index contributed by atoms with van der Waals surface area (Å²) in [6.45, 7) is 2.79. The standard InChI is InChI=1S/C18H23N5O4/c1-13-11-16(23(20-13)14-5-3-2-4-6-14)27-18(26)22-9-7-21(8-10-22)17(25)15(19)12-24/h2-6,11,15,24H,7-10,12,19H2,1H3/t15-/m0/s1. The maximum atomic E-state index is 12.5. The van der Waals surface area contributed by atoms with E-state index < -0.39 is 18.7 Å². The predicted molar refractivity (Wildman–Crippen MR) is 97.5 cm³/mol. The van der Waals surface area contributed by atoms with Gasteiger partial charge in [-0.2, -0.15) is 5.10 Å². The Morgan fingerprint density at radius 2 is 1.81 bits per heavy atom. The first kappa shape index (κ1) is 18.9. The number of carbonyl (C=O) groups excluding carboxylic acids is 2. The molecule has 144 valence electrons. The van der Waals surface area contributed by atoms with Crippen molar-refractivity contribution >= 4 is 12.0 Å². The van der Waals surface area contributed by atoms with Gasteiger partial charge in [-0.3, -0.25) is 4.79 Å². The molecule has 0 spiro atoms. The minimum atomic E-state index is -0.924. The number of hydrogen-bond acceptors (Lipinski definition) is 6. The molecule has 2 aromatic rings. The highest BCUT2D eigenvalue weighted by molar-refractivity contribution is 5.82. The zero-order valence-corrected chi connectivity index (χ0v) is 15.1. The van der Waals surface area contributed by atoms with Gasteiger partial charge in [0.25, 0.3) is 0 Å². The van der Waals surface area contributed by atoms with Crippen molar-refractivity contribution in [2.75, 3.05) is 32.8 Å². The highest BCUT2D eigenvalue weighted by atomic mass is 16.6. The van der Waals surface area contributed by atoms with Crippen LogP contribution in [0.25, 0.3) is 5.69 Å². The molecule has 0 radical (unpaired) electrons. The van der Waals surface area contributed by atoms with Crippen LogP contribution in [0.4, 0.5) is 4.79 Å². The quantitative estimate of drug-likeness (QED) is 0.788. The molecule has 1 fully saturated rings. The highest BCUT2D eigenvalue weighted by Crippen LogP contribution is 2.20. The number of amides is 2. The Morgan fingerprint density at radius 3 is 2.44 bits per heavy atom. The lowest BCUT2D eigenvalue weighted by Gasteiger charge is -2.34. The molecule has 9 nitrogen and oxygen atoms in total. The van der Waals surface area contributed by atoms with E-state index in [0.717, 1.165) is 11.4 Å². The summed E-state index contributed by atoms with van der Waals surface area (Å²) in [4.78, 5) is 27.6. The van der Waals surface area contributed by atoms with E-state index in [4.69, 9.17) is 15.6 Å². The Balaban J connectivity index is 1.63. The molecule has 1 atom stereocenters. The van der Waals surface area contributed by atoms with E-state index in [0.29, 0.717) is 32.1 Å². The summed E-state index contributed by atoms with van der Waals surface area (Å²) in [6, 6.07) is 10.2. The molecule has 1 aromatic heterocycles. The fraction of sp³-hybridized carbons (Fsp3) is 0.389. The highest BCUT2D eigenvalue weighted by Gasteiger charge is 2.28. The van der Waals surface area contributed by atoms with Crippen LogP contribution in [0.5, 0.6) is 5.88 Å². The van der Waals surface area contributed by atoms with Crippen molar-refractivity contribution in [2.45, 2.75) is 13.0 Å². The largest absolute Gasteiger partial charge is 0.416 e. The first-order valence-electron chi connectivity index (χ1n) is 8.73. The fourth-order valence-corrected chi connectivity index (χ4v) is 2.88. The van der Waals surface area contributed by atoms with Gasteiger partial charge in [0.1, 0.15) is 6.04 Å². The van der Waals surface area contributed by atoms with Gasteiger partial charge >= 0.3 is 6.09 Å². The molecule has 0 saturated carbocycles. The van der Waals surface area contributed by atoms with Gasteiger partial charge in [0.15, 0.2) is 0 Å². The van der Waals surface area contributed by atoms with Crippen LogP contribution in [0.15, 0.2) is 36.4 Å². The van der Waals surface area contributed by atoms with E-state index >= 15 is 0 Å². The molecular formula is C18H23N5O4. The molecule has 1 aliphatic rings. The van der Waals surface area contributed by atoms with Gasteiger partial charge in [-0.25, -0.2) is 9.48 Å². The number of para-hydroxylation sites is 1. The maximum absolute atomic E-state index is 12.5. The molecule has 0 aliphatic carbocycles. The lowest BCUT2D eigenvalue weighted by Crippen LogP contribution is -2.55. The number of aryl methyl sites for hydroxylation is 1. The number of benzene rings is 1. The van der Waals surface area contributed by atoms with Gasteiger partial charge < -0.3 is 25.4 Å². The van der Waals surface area contributed by atoms with Gasteiger partial charge in [0.2, 0.25) is 11.8 Å². The summed E-state index contributed by atoms with van der Waals surface area (Å²) in [6.07, 6.45) is -0.495. The van der Waals surface area contributed by atoms with Crippen LogP contribution >= 0.6 is 0 Å². The lowest BCUT2D eigenvalue weighted by atomic mass is 10.2. The molecule has 0 unspecified atom stereocenters. The number of nitrogens with two attached hydrogens (primary N) is 1. The first-order chi connectivity index (χ1) is 13.0. The van der Waals surface area contributed by atoms with Crippen LogP contribution in [0.1, 0.15) is 5.69 Å². The molecule has 27 heavy (non-hydrogen) atoms. The molecule has 9 heteroatoms. The first-order valence-corrected chi connectivity index (χ1v) is 8.73. The van der Waals surface area contributed by atoms with Crippen LogP contribution in [0.2, 0.25) is 0 Å². The van der Waals surface area contributed by atoms with Crippen LogP contribution in [0, 0.1) is 6.92 Å². The molecule has 2 amide bonds. The molecule has 0 bridgehead atoms. The number of rotatable bonds is 4. The zero-order chi connectivity index (χ0) is 19.4. The number of aliphatic hydroxyl groups excluding tert-OH is 1. The van der Waals surface area contributed by atoms with Crippen molar-refractivity contribution in [3.8, 4) is 11.6 Å². The van der Waals surface area contributed by atoms with Crippen molar-refractivity contribution in [3.05, 3.63) is 42.1 Å². The molecule has 2 heterocycles. The Hall–Kier alpha value is -2.91. The molecule has 1 aliphatic heterocycles. The summed E-state index contributed by atoms with van der Waals surface area (Å²) in [5.74, 6) is 0.0211. The van der Waals surface area contributed by atoms with Gasteiger partial charge in [0, 0.05) is 32.2 Å². The Kier molecular flexibility index (Phi) is 5.72. The van der Waals surface area contributed by atoms with Crippen LogP contribution in [0.3, 0.4) is 0 Å². The van der Waals surface area contributed by atoms with Crippen LogP contribution < -0.4 is 10.5 Å². The third-order valence-electron chi connectivity index (χ3n) is 4.35. The van der Waals surface area contributed by atoms with E-state index in [-0.39, 0.29) is 5.91 Å². The molecule has 3 rings (SSSR count). The van der Waals surface area contributed by atoms with Crippen molar-refractivity contribution in [2.24, 2.45) is 5.73 Å². The number of aliphatic hydroxyl groups is 1. The fourth-order valence-electron chi connectivity index (χ4n) is 2.88. The topological polar surface area (TPSA) is 114 Å². The molecule has 3 N–H and O–H groups in total. The lowest BCUT2D eigenvalue weighted by molar-refractivity contribution is -0.135. The van der Waals surface area contributed by atoms with Gasteiger partial charge in [-0.15, -0.1) is 0 Å². The SMILES string of the molecule is Cc1cc(OC(=O)N2CCN(C(=O)[C@@H](N)CO)CC2)n(-c2ccccc2)n1. The number of hydrogen-bond donors (Lipinski definition) is 2. The van der Waals surface area contributed by atoms with E-state index in [1.165, 1.54) is 4.90 Å². The summed E-state index contributed by atoms with van der Waals surface area (Å²) in [5.41, 5.74) is 7.09. The number of carbonyl (C=O) groups is 2. The number of ether oxygens (including phenoxy) is 1. The predicted octanol–water partition coefficient (Wildman–Crippen LogP) is 0.143. The second-order valence-corrected chi connectivity index (χ2v) is 6.34. The monoisotopic (exact) mass is 373 g/mol. The zero-order valence-electron chi connectivity index (χ0n) is 15.1. The number of nitrogens with zero attached hydrogens (tertiary/aromatic N) is 4. The van der Waals surface area contributed by atoms with E-state index in [9.17, 15) is 9.59 Å². The molecule has 1 saturated heterocycles. The van der Waals surface area contributed by atoms with E-state index in [1.54, 1.807) is 15.6 Å².